The number of fused-ring (bicyclic) bond motifs is 1. The molecule has 29 heavy (non-hydrogen) atoms. The van der Waals surface area contributed by atoms with E-state index in [-0.39, 0.29) is 19.1 Å². The minimum absolute atomic E-state index is 0.0938. The van der Waals surface area contributed by atoms with E-state index >= 15 is 0 Å². The number of ether oxygens (including phenoxy) is 3. The SMILES string of the molecule is COCCc1nc(-c2ccc3c(c2)N(CC(=O)OCCC(C)C)C(=O)CO3)cs1. The van der Waals surface area contributed by atoms with Crippen molar-refractivity contribution in [1.29, 1.82) is 0 Å². The monoisotopic (exact) mass is 418 g/mol. The predicted molar refractivity (Wildman–Crippen MR) is 111 cm³/mol. The lowest BCUT2D eigenvalue weighted by molar-refractivity contribution is -0.143. The maximum absolute atomic E-state index is 12.4. The highest BCUT2D eigenvalue weighted by molar-refractivity contribution is 7.09. The predicted octanol–water partition coefficient (Wildman–Crippen LogP) is 3.31. The summed E-state index contributed by atoms with van der Waals surface area (Å²) in [6, 6.07) is 5.55. The standard InChI is InChI=1S/C21H26N2O5S/c1-14(2)6-9-27-21(25)11-23-17-10-15(4-5-18(17)28-12-20(23)24)16-13-29-19(22-16)7-8-26-3/h4-5,10,13-14H,6-9,11-12H2,1-3H3. The summed E-state index contributed by atoms with van der Waals surface area (Å²) in [4.78, 5) is 30.7. The largest absolute Gasteiger partial charge is 0.482 e. The van der Waals surface area contributed by atoms with E-state index < -0.39 is 5.97 Å². The van der Waals surface area contributed by atoms with Crippen molar-refractivity contribution in [2.75, 3.05) is 38.4 Å². The Morgan fingerprint density at radius 3 is 2.93 bits per heavy atom. The van der Waals surface area contributed by atoms with E-state index in [1.807, 2.05) is 23.6 Å². The number of hydrogen-bond acceptors (Lipinski definition) is 7. The molecule has 3 rings (SSSR count). The molecule has 1 aromatic heterocycles. The van der Waals surface area contributed by atoms with E-state index in [1.54, 1.807) is 18.4 Å². The van der Waals surface area contributed by atoms with Crippen molar-refractivity contribution in [3.8, 4) is 17.0 Å². The number of carbonyl (C=O) groups excluding carboxylic acids is 2. The van der Waals surface area contributed by atoms with Gasteiger partial charge in [0.1, 0.15) is 12.3 Å². The molecule has 0 aliphatic carbocycles. The maximum Gasteiger partial charge on any atom is 0.326 e. The third kappa shape index (κ3) is 5.55. The van der Waals surface area contributed by atoms with Crippen molar-refractivity contribution in [3.05, 3.63) is 28.6 Å². The summed E-state index contributed by atoms with van der Waals surface area (Å²) in [5, 5.41) is 2.96. The summed E-state index contributed by atoms with van der Waals surface area (Å²) in [6.45, 7) is 4.88. The van der Waals surface area contributed by atoms with Crippen LogP contribution in [-0.4, -0.2) is 50.3 Å². The molecular formula is C21H26N2O5S. The average molecular weight is 419 g/mol. The Morgan fingerprint density at radius 2 is 2.17 bits per heavy atom. The van der Waals surface area contributed by atoms with E-state index in [4.69, 9.17) is 14.2 Å². The van der Waals surface area contributed by atoms with Gasteiger partial charge in [0.2, 0.25) is 0 Å². The Morgan fingerprint density at radius 1 is 1.34 bits per heavy atom. The summed E-state index contributed by atoms with van der Waals surface area (Å²) < 4.78 is 15.9. The van der Waals surface area contributed by atoms with Crippen molar-refractivity contribution in [2.24, 2.45) is 5.92 Å². The number of anilines is 1. The number of nitrogens with zero attached hydrogens (tertiary/aromatic N) is 2. The van der Waals surface area contributed by atoms with Crippen LogP contribution in [0.25, 0.3) is 11.3 Å². The van der Waals surface area contributed by atoms with Crippen molar-refractivity contribution in [2.45, 2.75) is 26.7 Å². The second-order valence-corrected chi connectivity index (χ2v) is 8.17. The van der Waals surface area contributed by atoms with Gasteiger partial charge in [0.05, 0.1) is 29.6 Å². The fourth-order valence-corrected chi connectivity index (χ4v) is 3.65. The summed E-state index contributed by atoms with van der Waals surface area (Å²) in [5.41, 5.74) is 2.24. The van der Waals surface area contributed by atoms with Gasteiger partial charge in [-0.15, -0.1) is 11.3 Å². The first-order chi connectivity index (χ1) is 14.0. The number of carbonyl (C=O) groups is 2. The maximum atomic E-state index is 12.4. The molecule has 1 amide bonds. The Kier molecular flexibility index (Phi) is 7.22. The van der Waals surface area contributed by atoms with Gasteiger partial charge in [-0.2, -0.15) is 0 Å². The molecule has 2 aromatic rings. The molecule has 2 heterocycles. The Hall–Kier alpha value is -2.45. The molecule has 7 nitrogen and oxygen atoms in total. The summed E-state index contributed by atoms with van der Waals surface area (Å²) in [7, 11) is 1.66. The van der Waals surface area contributed by atoms with Crippen LogP contribution in [0, 0.1) is 5.92 Å². The Bertz CT molecular complexity index is 865. The van der Waals surface area contributed by atoms with Crippen molar-refractivity contribution in [3.63, 3.8) is 0 Å². The van der Waals surface area contributed by atoms with Gasteiger partial charge in [0, 0.05) is 24.5 Å². The Balaban J connectivity index is 1.76. The molecule has 1 aromatic carbocycles. The van der Waals surface area contributed by atoms with Gasteiger partial charge in [-0.3, -0.25) is 14.5 Å². The molecule has 0 N–H and O–H groups in total. The van der Waals surface area contributed by atoms with Crippen LogP contribution in [0.1, 0.15) is 25.3 Å². The van der Waals surface area contributed by atoms with E-state index in [0.29, 0.717) is 30.6 Å². The van der Waals surface area contributed by atoms with Gasteiger partial charge >= 0.3 is 5.97 Å². The highest BCUT2D eigenvalue weighted by Crippen LogP contribution is 2.36. The first-order valence-electron chi connectivity index (χ1n) is 9.64. The second-order valence-electron chi connectivity index (χ2n) is 7.22. The first-order valence-corrected chi connectivity index (χ1v) is 10.5. The minimum Gasteiger partial charge on any atom is -0.482 e. The van der Waals surface area contributed by atoms with Crippen LogP contribution < -0.4 is 9.64 Å². The lowest BCUT2D eigenvalue weighted by atomic mass is 10.1. The molecular weight excluding hydrogens is 392 g/mol. The third-order valence-corrected chi connectivity index (χ3v) is 5.42. The zero-order valence-corrected chi connectivity index (χ0v) is 17.8. The molecule has 0 atom stereocenters. The van der Waals surface area contributed by atoms with Crippen LogP contribution in [0.15, 0.2) is 23.6 Å². The number of benzene rings is 1. The van der Waals surface area contributed by atoms with Crippen molar-refractivity contribution < 1.29 is 23.8 Å². The third-order valence-electron chi connectivity index (χ3n) is 4.51. The number of thiazole rings is 1. The average Bonchev–Trinajstić information content (AvgIpc) is 3.17. The number of methoxy groups -OCH3 is 1. The van der Waals surface area contributed by atoms with E-state index in [0.717, 1.165) is 29.1 Å². The van der Waals surface area contributed by atoms with Gasteiger partial charge in [0.15, 0.2) is 6.61 Å². The smallest absolute Gasteiger partial charge is 0.326 e. The highest BCUT2D eigenvalue weighted by Gasteiger charge is 2.28. The van der Waals surface area contributed by atoms with Crippen molar-refractivity contribution in [1.82, 2.24) is 4.98 Å². The molecule has 0 radical (unpaired) electrons. The summed E-state index contributed by atoms with van der Waals surface area (Å²) >= 11 is 1.57. The molecule has 0 unspecified atom stereocenters. The zero-order chi connectivity index (χ0) is 20.8. The van der Waals surface area contributed by atoms with Crippen LogP contribution >= 0.6 is 11.3 Å². The summed E-state index contributed by atoms with van der Waals surface area (Å²) in [5.74, 6) is 0.323. The molecule has 8 heteroatoms. The normalized spacial score (nSPS) is 13.4. The van der Waals surface area contributed by atoms with Gasteiger partial charge in [-0.1, -0.05) is 13.8 Å². The molecule has 0 spiro atoms. The molecule has 0 saturated heterocycles. The fourth-order valence-electron chi connectivity index (χ4n) is 2.87. The van der Waals surface area contributed by atoms with Crippen LogP contribution in [0.4, 0.5) is 5.69 Å². The van der Waals surface area contributed by atoms with Gasteiger partial charge in [-0.25, -0.2) is 4.98 Å². The highest BCUT2D eigenvalue weighted by atomic mass is 32.1. The van der Waals surface area contributed by atoms with Crippen molar-refractivity contribution >= 4 is 28.9 Å². The quantitative estimate of drug-likeness (QED) is 0.582. The lowest BCUT2D eigenvalue weighted by Gasteiger charge is -2.29. The number of aromatic nitrogens is 1. The minimum atomic E-state index is -0.423. The van der Waals surface area contributed by atoms with E-state index in [1.165, 1.54) is 4.90 Å². The van der Waals surface area contributed by atoms with Gasteiger partial charge in [0.25, 0.3) is 5.91 Å². The molecule has 0 saturated carbocycles. The molecule has 0 fully saturated rings. The molecule has 0 bridgehead atoms. The second kappa shape index (κ2) is 9.84. The van der Waals surface area contributed by atoms with Crippen LogP contribution in [-0.2, 0) is 25.5 Å². The number of hydrogen-bond donors (Lipinski definition) is 0. The Labute approximate surface area is 174 Å². The number of esters is 1. The number of amides is 1. The fraction of sp³-hybridized carbons (Fsp3) is 0.476. The van der Waals surface area contributed by atoms with E-state index in [2.05, 4.69) is 18.8 Å². The molecule has 156 valence electrons. The zero-order valence-electron chi connectivity index (χ0n) is 17.0. The van der Waals surface area contributed by atoms with E-state index in [9.17, 15) is 9.59 Å². The summed E-state index contributed by atoms with van der Waals surface area (Å²) in [6.07, 6.45) is 1.54. The number of rotatable bonds is 9. The molecule has 1 aliphatic heterocycles. The topological polar surface area (TPSA) is 78.0 Å². The van der Waals surface area contributed by atoms with Crippen LogP contribution in [0.3, 0.4) is 0 Å². The first kappa shape index (κ1) is 21.3. The lowest BCUT2D eigenvalue weighted by Crippen LogP contribution is -2.42. The van der Waals surface area contributed by atoms with Crippen LogP contribution in [0.2, 0.25) is 0 Å². The van der Waals surface area contributed by atoms with Gasteiger partial charge in [-0.05, 0) is 30.5 Å². The van der Waals surface area contributed by atoms with Crippen LogP contribution in [0.5, 0.6) is 5.75 Å². The molecule has 1 aliphatic rings. The van der Waals surface area contributed by atoms with Gasteiger partial charge < -0.3 is 14.2 Å².